The van der Waals surface area contributed by atoms with Crippen molar-refractivity contribution in [2.75, 3.05) is 13.4 Å². The fourth-order valence-electron chi connectivity index (χ4n) is 3.46. The van der Waals surface area contributed by atoms with Gasteiger partial charge in [0.1, 0.15) is 24.0 Å². The van der Waals surface area contributed by atoms with E-state index >= 15 is 0 Å². The van der Waals surface area contributed by atoms with Crippen molar-refractivity contribution in [3.8, 4) is 17.2 Å². The zero-order valence-corrected chi connectivity index (χ0v) is 19.9. The maximum atomic E-state index is 12.3. The molecule has 11 heteroatoms. The molecule has 2 unspecified atom stereocenters. The number of rotatable bonds is 9. The molecule has 0 saturated carbocycles. The van der Waals surface area contributed by atoms with Crippen molar-refractivity contribution in [1.82, 2.24) is 5.32 Å². The molecular weight excluding hydrogens is 460 g/mol. The van der Waals surface area contributed by atoms with Crippen molar-refractivity contribution in [3.05, 3.63) is 57.6 Å². The molecule has 1 aliphatic rings. The Morgan fingerprint density at radius 1 is 1.17 bits per heavy atom. The number of ether oxygens (including phenoxy) is 4. The molecule has 2 aromatic carbocycles. The minimum atomic E-state index is -1.23. The van der Waals surface area contributed by atoms with Crippen LogP contribution in [0.3, 0.4) is 0 Å². The zero-order chi connectivity index (χ0) is 25.8. The second kappa shape index (κ2) is 10.5. The smallest absolute Gasteiger partial charge is 0.407 e. The van der Waals surface area contributed by atoms with E-state index in [0.29, 0.717) is 22.6 Å². The summed E-state index contributed by atoms with van der Waals surface area (Å²) in [4.78, 5) is 34.9. The average Bonchev–Trinajstić information content (AvgIpc) is 3.24. The van der Waals surface area contributed by atoms with Crippen molar-refractivity contribution in [1.29, 1.82) is 0 Å². The largest absolute Gasteiger partial charge is 0.488 e. The van der Waals surface area contributed by atoms with Crippen LogP contribution in [0.25, 0.3) is 0 Å². The molecule has 0 saturated heterocycles. The fraction of sp³-hybridized carbons (Fsp3) is 0.417. The van der Waals surface area contributed by atoms with Gasteiger partial charge >= 0.3 is 12.1 Å². The van der Waals surface area contributed by atoms with Crippen LogP contribution in [-0.4, -0.2) is 47.1 Å². The molecule has 35 heavy (non-hydrogen) atoms. The number of nitrogens with one attached hydrogen (secondary N) is 1. The number of hydrogen-bond acceptors (Lipinski definition) is 8. The van der Waals surface area contributed by atoms with Gasteiger partial charge in [-0.25, -0.2) is 9.59 Å². The highest BCUT2D eigenvalue weighted by atomic mass is 16.7. The van der Waals surface area contributed by atoms with Gasteiger partial charge in [-0.15, -0.1) is 0 Å². The number of carboxylic acids is 1. The van der Waals surface area contributed by atoms with Crippen LogP contribution in [0.15, 0.2) is 36.4 Å². The third kappa shape index (κ3) is 6.98. The van der Waals surface area contributed by atoms with E-state index in [1.807, 2.05) is 20.8 Å². The zero-order valence-electron chi connectivity index (χ0n) is 19.9. The van der Waals surface area contributed by atoms with Gasteiger partial charge in [-0.2, -0.15) is 0 Å². The summed E-state index contributed by atoms with van der Waals surface area (Å²) in [6.45, 7) is 7.16. The quantitative estimate of drug-likeness (QED) is 0.394. The SMILES string of the molecule is CC(COC(=O)NC(Cc1ccc(OC(C)(C)C)cc1)C(=O)O)c1cc2c(cc1[N+](=O)[O-])OCO2. The van der Waals surface area contributed by atoms with Crippen LogP contribution < -0.4 is 19.5 Å². The Morgan fingerprint density at radius 2 is 1.80 bits per heavy atom. The summed E-state index contributed by atoms with van der Waals surface area (Å²) in [7, 11) is 0. The lowest BCUT2D eigenvalue weighted by atomic mass is 9.99. The third-order valence-electron chi connectivity index (χ3n) is 5.09. The van der Waals surface area contributed by atoms with E-state index in [1.165, 1.54) is 12.1 Å². The van der Waals surface area contributed by atoms with E-state index in [0.717, 1.165) is 0 Å². The summed E-state index contributed by atoms with van der Waals surface area (Å²) < 4.78 is 21.4. The number of nitro benzene ring substituents is 1. The van der Waals surface area contributed by atoms with Crippen LogP contribution in [0, 0.1) is 10.1 Å². The number of hydrogen-bond donors (Lipinski definition) is 2. The summed E-state index contributed by atoms with van der Waals surface area (Å²) in [6, 6.07) is 8.45. The Bertz CT molecular complexity index is 1090. The molecule has 0 aliphatic carbocycles. The van der Waals surface area contributed by atoms with E-state index in [4.69, 9.17) is 18.9 Å². The minimum absolute atomic E-state index is 0.0312. The van der Waals surface area contributed by atoms with Crippen LogP contribution >= 0.6 is 0 Å². The van der Waals surface area contributed by atoms with Gasteiger partial charge in [-0.05, 0) is 44.5 Å². The van der Waals surface area contributed by atoms with Crippen LogP contribution in [0.5, 0.6) is 17.2 Å². The van der Waals surface area contributed by atoms with Gasteiger partial charge in [0, 0.05) is 17.9 Å². The van der Waals surface area contributed by atoms with Gasteiger partial charge in [0.2, 0.25) is 6.79 Å². The Kier molecular flexibility index (Phi) is 7.68. The first-order valence-corrected chi connectivity index (χ1v) is 10.9. The molecular formula is C24H28N2O9. The third-order valence-corrected chi connectivity index (χ3v) is 5.09. The van der Waals surface area contributed by atoms with E-state index in [1.54, 1.807) is 31.2 Å². The van der Waals surface area contributed by atoms with E-state index in [-0.39, 0.29) is 36.9 Å². The molecule has 0 fully saturated rings. The number of benzene rings is 2. The number of alkyl carbamates (subject to hydrolysis) is 1. The fourth-order valence-corrected chi connectivity index (χ4v) is 3.46. The van der Waals surface area contributed by atoms with Gasteiger partial charge < -0.3 is 29.4 Å². The number of carbonyl (C=O) groups is 2. The first-order valence-electron chi connectivity index (χ1n) is 10.9. The number of nitrogens with zero attached hydrogens (tertiary/aromatic N) is 1. The number of carboxylic acid groups (broad SMARTS) is 1. The lowest BCUT2D eigenvalue weighted by Crippen LogP contribution is -2.42. The predicted molar refractivity (Wildman–Crippen MR) is 124 cm³/mol. The molecule has 188 valence electrons. The second-order valence-corrected chi connectivity index (χ2v) is 9.12. The number of nitro groups is 1. The summed E-state index contributed by atoms with van der Waals surface area (Å²) in [5.74, 6) is -0.502. The molecule has 1 heterocycles. The first-order chi connectivity index (χ1) is 16.4. The topological polar surface area (TPSA) is 146 Å². The first kappa shape index (κ1) is 25.6. The van der Waals surface area contributed by atoms with Crippen molar-refractivity contribution in [2.45, 2.75) is 51.7 Å². The molecule has 11 nitrogen and oxygen atoms in total. The van der Waals surface area contributed by atoms with Crippen LogP contribution in [0.1, 0.15) is 44.7 Å². The van der Waals surface area contributed by atoms with Gasteiger partial charge in [-0.1, -0.05) is 19.1 Å². The van der Waals surface area contributed by atoms with E-state index in [2.05, 4.69) is 5.32 Å². The number of amides is 1. The van der Waals surface area contributed by atoms with Gasteiger partial charge in [0.15, 0.2) is 11.5 Å². The Morgan fingerprint density at radius 3 is 2.37 bits per heavy atom. The summed E-state index contributed by atoms with van der Waals surface area (Å²) in [5, 5.41) is 23.3. The summed E-state index contributed by atoms with van der Waals surface area (Å²) >= 11 is 0. The Balaban J connectivity index is 1.59. The average molecular weight is 488 g/mol. The molecule has 2 atom stereocenters. The highest BCUT2D eigenvalue weighted by molar-refractivity contribution is 5.80. The van der Waals surface area contributed by atoms with Crippen molar-refractivity contribution < 1.29 is 38.6 Å². The standard InChI is InChI=1S/C24H28N2O9/c1-14(17-10-20-21(34-13-33-20)11-19(17)26(30)31)12-32-23(29)25-18(22(27)28)9-15-5-7-16(8-6-15)35-24(2,3)4/h5-8,10-11,14,18H,9,12-13H2,1-4H3,(H,25,29)(H,27,28). The lowest BCUT2D eigenvalue weighted by Gasteiger charge is -2.21. The van der Waals surface area contributed by atoms with Gasteiger partial charge in [0.05, 0.1) is 11.0 Å². The molecule has 0 aromatic heterocycles. The minimum Gasteiger partial charge on any atom is -0.488 e. The highest BCUT2D eigenvalue weighted by Crippen LogP contribution is 2.40. The number of fused-ring (bicyclic) bond motifs is 1. The lowest BCUT2D eigenvalue weighted by molar-refractivity contribution is -0.385. The number of carbonyl (C=O) groups excluding carboxylic acids is 1. The molecule has 3 rings (SSSR count). The Labute approximate surface area is 202 Å². The Hall–Kier alpha value is -4.02. The normalized spacial score (nSPS) is 14.1. The van der Waals surface area contributed by atoms with Crippen LogP contribution in [0.2, 0.25) is 0 Å². The molecule has 2 N–H and O–H groups in total. The summed E-state index contributed by atoms with van der Waals surface area (Å²) in [5.41, 5.74) is 0.435. The van der Waals surface area contributed by atoms with Crippen molar-refractivity contribution >= 4 is 17.7 Å². The molecule has 1 aliphatic heterocycles. The molecule has 2 aromatic rings. The maximum Gasteiger partial charge on any atom is 0.407 e. The number of aliphatic carboxylic acids is 1. The van der Waals surface area contributed by atoms with Crippen molar-refractivity contribution in [2.24, 2.45) is 0 Å². The second-order valence-electron chi connectivity index (χ2n) is 9.12. The molecule has 0 bridgehead atoms. The van der Waals surface area contributed by atoms with Crippen LogP contribution in [-0.2, 0) is 16.0 Å². The predicted octanol–water partition coefficient (Wildman–Crippen LogP) is 4.03. The van der Waals surface area contributed by atoms with Crippen molar-refractivity contribution in [3.63, 3.8) is 0 Å². The summed E-state index contributed by atoms with van der Waals surface area (Å²) in [6.07, 6.45) is -0.913. The molecule has 1 amide bonds. The van der Waals surface area contributed by atoms with Gasteiger partial charge in [-0.3, -0.25) is 10.1 Å². The highest BCUT2D eigenvalue weighted by Gasteiger charge is 2.28. The molecule has 0 radical (unpaired) electrons. The van der Waals surface area contributed by atoms with Gasteiger partial charge in [0.25, 0.3) is 5.69 Å². The van der Waals surface area contributed by atoms with E-state index in [9.17, 15) is 24.8 Å². The van der Waals surface area contributed by atoms with E-state index < -0.39 is 28.9 Å². The maximum absolute atomic E-state index is 12.3. The monoisotopic (exact) mass is 488 g/mol. The molecule has 0 spiro atoms. The van der Waals surface area contributed by atoms with Crippen LogP contribution in [0.4, 0.5) is 10.5 Å².